The summed E-state index contributed by atoms with van der Waals surface area (Å²) in [5.41, 5.74) is 1.92. The maximum Gasteiger partial charge on any atom is 0.235 e. The Balaban J connectivity index is 1.78. The molecule has 2 aliphatic rings. The summed E-state index contributed by atoms with van der Waals surface area (Å²) in [6.07, 6.45) is 2.71. The number of nitrogens with one attached hydrogen (secondary N) is 2. The number of benzene rings is 1. The van der Waals surface area contributed by atoms with E-state index in [1.807, 2.05) is 18.2 Å². The second kappa shape index (κ2) is 4.55. The fourth-order valence-electron chi connectivity index (χ4n) is 2.42. The molecule has 18 heavy (non-hydrogen) atoms. The number of anilines is 1. The average Bonchev–Trinajstić information content (AvgIpc) is 3.06. The Morgan fingerprint density at radius 1 is 1.22 bits per heavy atom. The molecule has 1 heterocycles. The summed E-state index contributed by atoms with van der Waals surface area (Å²) in [5, 5.41) is 3.16. The molecule has 1 saturated heterocycles. The van der Waals surface area contributed by atoms with Gasteiger partial charge in [-0.05, 0) is 49.4 Å². The lowest BCUT2D eigenvalue weighted by atomic mass is 9.98. The van der Waals surface area contributed by atoms with Gasteiger partial charge in [0.25, 0.3) is 0 Å². The van der Waals surface area contributed by atoms with Gasteiger partial charge in [0.2, 0.25) is 10.0 Å². The summed E-state index contributed by atoms with van der Waals surface area (Å²) in [4.78, 5) is 0. The zero-order chi connectivity index (χ0) is 12.6. The standard InChI is InChI=1S/C13H18N2O2S/c16-18(17,13-4-5-13)15-12-3-1-2-10(8-12)11-6-7-14-9-11/h1-3,8,11,13-15H,4-7,9H2. The van der Waals surface area contributed by atoms with E-state index in [1.54, 1.807) is 0 Å². The van der Waals surface area contributed by atoms with E-state index in [0.29, 0.717) is 11.6 Å². The van der Waals surface area contributed by atoms with Crippen LogP contribution in [0.15, 0.2) is 24.3 Å². The minimum Gasteiger partial charge on any atom is -0.316 e. The Morgan fingerprint density at radius 2 is 2.06 bits per heavy atom. The van der Waals surface area contributed by atoms with Crippen LogP contribution in [0, 0.1) is 0 Å². The molecular formula is C13H18N2O2S. The van der Waals surface area contributed by atoms with Crippen LogP contribution in [-0.4, -0.2) is 26.8 Å². The first kappa shape index (κ1) is 12.0. The summed E-state index contributed by atoms with van der Waals surface area (Å²) in [6.45, 7) is 2.03. The third-order valence-corrected chi connectivity index (χ3v) is 5.51. The third-order valence-electron chi connectivity index (χ3n) is 3.64. The van der Waals surface area contributed by atoms with E-state index in [0.717, 1.165) is 32.4 Å². The molecule has 1 aromatic rings. The molecule has 5 heteroatoms. The number of hydrogen-bond donors (Lipinski definition) is 2. The number of sulfonamides is 1. The second-order valence-electron chi connectivity index (χ2n) is 5.16. The molecule has 3 rings (SSSR count). The lowest BCUT2D eigenvalue weighted by molar-refractivity contribution is 0.600. The minimum atomic E-state index is -3.15. The van der Waals surface area contributed by atoms with E-state index < -0.39 is 10.0 Å². The summed E-state index contributed by atoms with van der Waals surface area (Å²) in [6, 6.07) is 7.80. The van der Waals surface area contributed by atoms with Crippen LogP contribution in [0.3, 0.4) is 0 Å². The molecule has 4 nitrogen and oxygen atoms in total. The Bertz CT molecular complexity index is 532. The van der Waals surface area contributed by atoms with Crippen LogP contribution < -0.4 is 10.0 Å². The maximum atomic E-state index is 11.9. The van der Waals surface area contributed by atoms with E-state index in [-0.39, 0.29) is 5.25 Å². The smallest absolute Gasteiger partial charge is 0.235 e. The van der Waals surface area contributed by atoms with Crippen LogP contribution in [-0.2, 0) is 10.0 Å². The van der Waals surface area contributed by atoms with Gasteiger partial charge in [0, 0.05) is 12.2 Å². The lowest BCUT2D eigenvalue weighted by Gasteiger charge is -2.12. The first-order valence-electron chi connectivity index (χ1n) is 6.47. The van der Waals surface area contributed by atoms with Crippen molar-refractivity contribution in [3.63, 3.8) is 0 Å². The summed E-state index contributed by atoms with van der Waals surface area (Å²) >= 11 is 0. The van der Waals surface area contributed by atoms with Gasteiger partial charge in [0.1, 0.15) is 0 Å². The van der Waals surface area contributed by atoms with E-state index in [4.69, 9.17) is 0 Å². The molecule has 2 N–H and O–H groups in total. The third kappa shape index (κ3) is 2.52. The van der Waals surface area contributed by atoms with Crippen LogP contribution >= 0.6 is 0 Å². The van der Waals surface area contributed by atoms with Crippen molar-refractivity contribution in [2.24, 2.45) is 0 Å². The molecule has 0 radical (unpaired) electrons. The lowest BCUT2D eigenvalue weighted by Crippen LogP contribution is -2.17. The predicted octanol–water partition coefficient (Wildman–Crippen LogP) is 1.67. The Hall–Kier alpha value is -1.07. The Labute approximate surface area is 108 Å². The van der Waals surface area contributed by atoms with Crippen LogP contribution in [0.5, 0.6) is 0 Å². The van der Waals surface area contributed by atoms with Crippen LogP contribution in [0.1, 0.15) is 30.7 Å². The summed E-state index contributed by atoms with van der Waals surface area (Å²) < 4.78 is 26.4. The molecule has 0 spiro atoms. The van der Waals surface area contributed by atoms with E-state index in [9.17, 15) is 8.42 Å². The van der Waals surface area contributed by atoms with E-state index in [1.165, 1.54) is 5.56 Å². The molecular weight excluding hydrogens is 248 g/mol. The largest absolute Gasteiger partial charge is 0.316 e. The summed E-state index contributed by atoms with van der Waals surface area (Å²) in [7, 11) is -3.15. The van der Waals surface area contributed by atoms with Crippen molar-refractivity contribution >= 4 is 15.7 Å². The zero-order valence-corrected chi connectivity index (χ0v) is 11.0. The fourth-order valence-corrected chi connectivity index (χ4v) is 3.80. The quantitative estimate of drug-likeness (QED) is 0.871. The van der Waals surface area contributed by atoms with Crippen molar-refractivity contribution in [1.29, 1.82) is 0 Å². The Kier molecular flexibility index (Phi) is 3.03. The highest BCUT2D eigenvalue weighted by molar-refractivity contribution is 7.93. The number of rotatable bonds is 4. The van der Waals surface area contributed by atoms with Crippen LogP contribution in [0.25, 0.3) is 0 Å². The first-order chi connectivity index (χ1) is 8.65. The molecule has 1 saturated carbocycles. The highest BCUT2D eigenvalue weighted by atomic mass is 32.2. The Morgan fingerprint density at radius 3 is 2.72 bits per heavy atom. The van der Waals surface area contributed by atoms with Crippen molar-refractivity contribution in [2.75, 3.05) is 17.8 Å². The van der Waals surface area contributed by atoms with Crippen LogP contribution in [0.2, 0.25) is 0 Å². The normalized spacial score (nSPS) is 24.1. The van der Waals surface area contributed by atoms with Gasteiger partial charge in [0.15, 0.2) is 0 Å². The van der Waals surface area contributed by atoms with Crippen molar-refractivity contribution in [2.45, 2.75) is 30.4 Å². The molecule has 0 amide bonds. The van der Waals surface area contributed by atoms with Crippen molar-refractivity contribution in [1.82, 2.24) is 5.32 Å². The summed E-state index contributed by atoms with van der Waals surface area (Å²) in [5.74, 6) is 0.510. The monoisotopic (exact) mass is 266 g/mol. The van der Waals surface area contributed by atoms with Crippen molar-refractivity contribution in [3.8, 4) is 0 Å². The minimum absolute atomic E-state index is 0.172. The van der Waals surface area contributed by atoms with Gasteiger partial charge in [-0.1, -0.05) is 12.1 Å². The van der Waals surface area contributed by atoms with Crippen LogP contribution in [0.4, 0.5) is 5.69 Å². The van der Waals surface area contributed by atoms with Crippen molar-refractivity contribution in [3.05, 3.63) is 29.8 Å². The van der Waals surface area contributed by atoms with E-state index in [2.05, 4.69) is 16.1 Å². The van der Waals surface area contributed by atoms with Gasteiger partial charge in [-0.25, -0.2) is 8.42 Å². The second-order valence-corrected chi connectivity index (χ2v) is 7.12. The molecule has 98 valence electrons. The molecule has 1 aliphatic heterocycles. The molecule has 1 aromatic carbocycles. The zero-order valence-electron chi connectivity index (χ0n) is 10.2. The highest BCUT2D eigenvalue weighted by Crippen LogP contribution is 2.31. The van der Waals surface area contributed by atoms with Gasteiger partial charge in [-0.15, -0.1) is 0 Å². The topological polar surface area (TPSA) is 58.2 Å². The maximum absolute atomic E-state index is 11.9. The molecule has 2 fully saturated rings. The van der Waals surface area contributed by atoms with Gasteiger partial charge in [-0.2, -0.15) is 0 Å². The molecule has 1 aliphatic carbocycles. The van der Waals surface area contributed by atoms with Gasteiger partial charge in [-0.3, -0.25) is 4.72 Å². The number of hydrogen-bond acceptors (Lipinski definition) is 3. The fraction of sp³-hybridized carbons (Fsp3) is 0.538. The SMILES string of the molecule is O=S(=O)(Nc1cccc(C2CCNC2)c1)C1CC1. The molecule has 1 atom stereocenters. The first-order valence-corrected chi connectivity index (χ1v) is 8.02. The molecule has 1 unspecified atom stereocenters. The average molecular weight is 266 g/mol. The van der Waals surface area contributed by atoms with E-state index >= 15 is 0 Å². The molecule has 0 aromatic heterocycles. The van der Waals surface area contributed by atoms with Crippen molar-refractivity contribution < 1.29 is 8.42 Å². The predicted molar refractivity (Wildman–Crippen MR) is 72.2 cm³/mol. The van der Waals surface area contributed by atoms with Gasteiger partial charge < -0.3 is 5.32 Å². The highest BCUT2D eigenvalue weighted by Gasteiger charge is 2.35. The van der Waals surface area contributed by atoms with Gasteiger partial charge in [0.05, 0.1) is 5.25 Å². The van der Waals surface area contributed by atoms with Gasteiger partial charge >= 0.3 is 0 Å². The molecule has 0 bridgehead atoms.